The summed E-state index contributed by atoms with van der Waals surface area (Å²) in [6, 6.07) is 0. The molecule has 2 nitrogen and oxygen atoms in total. The van der Waals surface area contributed by atoms with Crippen molar-refractivity contribution in [3.05, 3.63) is 12.2 Å². The van der Waals surface area contributed by atoms with E-state index in [0.717, 1.165) is 6.92 Å². The van der Waals surface area contributed by atoms with Crippen LogP contribution in [0.4, 0.5) is 26.3 Å². The van der Waals surface area contributed by atoms with Gasteiger partial charge in [-0.2, -0.15) is 26.3 Å². The SMILES string of the molecule is C=C(C)C(=O)OC(CCC(F)(F)F)C(F)(F)F. The minimum Gasteiger partial charge on any atom is -0.449 e. The summed E-state index contributed by atoms with van der Waals surface area (Å²) in [5.74, 6) is -1.37. The maximum Gasteiger partial charge on any atom is 0.425 e. The van der Waals surface area contributed by atoms with Gasteiger partial charge < -0.3 is 4.74 Å². The monoisotopic (exact) mass is 264 g/mol. The first kappa shape index (κ1) is 15.8. The van der Waals surface area contributed by atoms with E-state index in [-0.39, 0.29) is 5.57 Å². The summed E-state index contributed by atoms with van der Waals surface area (Å²) in [5, 5.41) is 0. The molecule has 1 atom stereocenters. The van der Waals surface area contributed by atoms with Gasteiger partial charge in [0.25, 0.3) is 0 Å². The third-order valence-corrected chi connectivity index (χ3v) is 1.65. The van der Waals surface area contributed by atoms with Crippen LogP contribution in [-0.2, 0) is 9.53 Å². The molecule has 1 unspecified atom stereocenters. The first-order valence-corrected chi connectivity index (χ1v) is 4.43. The largest absolute Gasteiger partial charge is 0.449 e. The molecular weight excluding hydrogens is 254 g/mol. The number of hydrogen-bond donors (Lipinski definition) is 0. The van der Waals surface area contributed by atoms with Gasteiger partial charge in [-0.1, -0.05) is 6.58 Å². The molecule has 0 aromatic carbocycles. The van der Waals surface area contributed by atoms with E-state index in [1.165, 1.54) is 0 Å². The zero-order chi connectivity index (χ0) is 13.9. The molecule has 0 saturated carbocycles. The number of alkyl halides is 6. The molecule has 8 heteroatoms. The van der Waals surface area contributed by atoms with Crippen LogP contribution in [-0.4, -0.2) is 24.4 Å². The van der Waals surface area contributed by atoms with Crippen LogP contribution in [0, 0.1) is 0 Å². The highest BCUT2D eigenvalue weighted by atomic mass is 19.4. The molecule has 0 aliphatic rings. The second-order valence-electron chi connectivity index (χ2n) is 3.37. The van der Waals surface area contributed by atoms with E-state index < -0.39 is 37.3 Å². The molecule has 0 heterocycles. The molecule has 0 radical (unpaired) electrons. The van der Waals surface area contributed by atoms with Crippen LogP contribution in [0.3, 0.4) is 0 Å². The summed E-state index contributed by atoms with van der Waals surface area (Å²) in [7, 11) is 0. The Kier molecular flexibility index (Phi) is 5.03. The lowest BCUT2D eigenvalue weighted by Crippen LogP contribution is -2.35. The van der Waals surface area contributed by atoms with Gasteiger partial charge in [-0.15, -0.1) is 0 Å². The van der Waals surface area contributed by atoms with Crippen molar-refractivity contribution in [3.63, 3.8) is 0 Å². The van der Waals surface area contributed by atoms with Gasteiger partial charge in [0.2, 0.25) is 0 Å². The van der Waals surface area contributed by atoms with E-state index in [0.29, 0.717) is 0 Å². The van der Waals surface area contributed by atoms with Crippen LogP contribution in [0.15, 0.2) is 12.2 Å². The minimum atomic E-state index is -5.03. The summed E-state index contributed by atoms with van der Waals surface area (Å²) in [6.07, 6.45) is -15.6. The number of halogens is 6. The topological polar surface area (TPSA) is 26.3 Å². The van der Waals surface area contributed by atoms with Gasteiger partial charge in [0.1, 0.15) is 0 Å². The van der Waals surface area contributed by atoms with E-state index >= 15 is 0 Å². The maximum absolute atomic E-state index is 12.2. The number of esters is 1. The normalized spacial score (nSPS) is 14.3. The summed E-state index contributed by atoms with van der Waals surface area (Å²) in [5.41, 5.74) is -0.314. The fraction of sp³-hybridized carbons (Fsp3) is 0.667. The molecule has 0 N–H and O–H groups in total. The molecule has 0 bridgehead atoms. The first-order valence-electron chi connectivity index (χ1n) is 4.43. The van der Waals surface area contributed by atoms with Gasteiger partial charge in [-0.25, -0.2) is 4.79 Å². The molecule has 0 saturated heterocycles. The predicted molar refractivity (Wildman–Crippen MR) is 46.0 cm³/mol. The zero-order valence-corrected chi connectivity index (χ0v) is 8.78. The van der Waals surface area contributed by atoms with E-state index in [4.69, 9.17) is 0 Å². The molecule has 0 rings (SSSR count). The van der Waals surface area contributed by atoms with Crippen molar-refractivity contribution in [1.82, 2.24) is 0 Å². The van der Waals surface area contributed by atoms with Crippen molar-refractivity contribution in [2.75, 3.05) is 0 Å². The van der Waals surface area contributed by atoms with E-state index in [1.807, 2.05) is 0 Å². The van der Waals surface area contributed by atoms with Gasteiger partial charge in [0.15, 0.2) is 6.10 Å². The highest BCUT2D eigenvalue weighted by Gasteiger charge is 2.44. The van der Waals surface area contributed by atoms with Crippen LogP contribution in [0.2, 0.25) is 0 Å². The Balaban J connectivity index is 4.57. The van der Waals surface area contributed by atoms with Crippen LogP contribution >= 0.6 is 0 Å². The van der Waals surface area contributed by atoms with Gasteiger partial charge >= 0.3 is 18.3 Å². The van der Waals surface area contributed by atoms with Crippen molar-refractivity contribution < 1.29 is 35.9 Å². The summed E-state index contributed by atoms with van der Waals surface area (Å²) < 4.78 is 76.0. The standard InChI is InChI=1S/C9H10F6O2/c1-5(2)7(16)17-6(9(13,14)15)3-4-8(10,11)12/h6H,1,3-4H2,2H3. The molecule has 0 aromatic rings. The molecule has 0 aromatic heterocycles. The molecule has 0 spiro atoms. The Hall–Kier alpha value is -1.21. The fourth-order valence-electron chi connectivity index (χ4n) is 0.814. The summed E-state index contributed by atoms with van der Waals surface area (Å²) in [4.78, 5) is 10.8. The Bertz CT molecular complexity index is 291. The summed E-state index contributed by atoms with van der Waals surface area (Å²) >= 11 is 0. The Morgan fingerprint density at radius 1 is 1.24 bits per heavy atom. The van der Waals surface area contributed by atoms with Crippen molar-refractivity contribution in [2.45, 2.75) is 38.2 Å². The Morgan fingerprint density at radius 2 is 1.71 bits per heavy atom. The average Bonchev–Trinajstić information content (AvgIpc) is 2.07. The van der Waals surface area contributed by atoms with E-state index in [2.05, 4.69) is 11.3 Å². The van der Waals surface area contributed by atoms with Crippen molar-refractivity contribution in [3.8, 4) is 0 Å². The lowest BCUT2D eigenvalue weighted by atomic mass is 10.2. The van der Waals surface area contributed by atoms with Crippen molar-refractivity contribution in [2.24, 2.45) is 0 Å². The molecule has 0 amide bonds. The van der Waals surface area contributed by atoms with Crippen molar-refractivity contribution >= 4 is 5.97 Å². The molecule has 0 aliphatic heterocycles. The van der Waals surface area contributed by atoms with Gasteiger partial charge in [-0.3, -0.25) is 0 Å². The van der Waals surface area contributed by atoms with Crippen LogP contribution < -0.4 is 0 Å². The molecule has 0 aliphatic carbocycles. The zero-order valence-electron chi connectivity index (χ0n) is 8.78. The van der Waals surface area contributed by atoms with Gasteiger partial charge in [0.05, 0.1) is 0 Å². The van der Waals surface area contributed by atoms with Gasteiger partial charge in [-0.05, 0) is 6.92 Å². The Labute approximate surface area is 93.2 Å². The lowest BCUT2D eigenvalue weighted by Gasteiger charge is -2.21. The highest BCUT2D eigenvalue weighted by Crippen LogP contribution is 2.31. The molecule has 0 fully saturated rings. The average molecular weight is 264 g/mol. The fourth-order valence-corrected chi connectivity index (χ4v) is 0.814. The quantitative estimate of drug-likeness (QED) is 0.442. The number of rotatable bonds is 4. The lowest BCUT2D eigenvalue weighted by molar-refractivity contribution is -0.227. The van der Waals surface area contributed by atoms with Crippen molar-refractivity contribution in [1.29, 1.82) is 0 Å². The third kappa shape index (κ3) is 6.85. The number of hydrogen-bond acceptors (Lipinski definition) is 2. The number of carbonyl (C=O) groups excluding carboxylic acids is 1. The second kappa shape index (κ2) is 5.42. The second-order valence-corrected chi connectivity index (χ2v) is 3.37. The first-order chi connectivity index (χ1) is 7.43. The third-order valence-electron chi connectivity index (χ3n) is 1.65. The smallest absolute Gasteiger partial charge is 0.425 e. The minimum absolute atomic E-state index is 0.314. The van der Waals surface area contributed by atoms with E-state index in [9.17, 15) is 31.1 Å². The number of ether oxygens (including phenoxy) is 1. The van der Waals surface area contributed by atoms with Gasteiger partial charge in [0, 0.05) is 18.4 Å². The molecular formula is C9H10F6O2. The Morgan fingerprint density at radius 3 is 2.00 bits per heavy atom. The van der Waals surface area contributed by atoms with Crippen LogP contribution in [0.5, 0.6) is 0 Å². The molecule has 17 heavy (non-hydrogen) atoms. The summed E-state index contributed by atoms with van der Waals surface area (Å²) in [6.45, 7) is 4.13. The van der Waals surface area contributed by atoms with Crippen LogP contribution in [0.1, 0.15) is 19.8 Å². The number of carbonyl (C=O) groups is 1. The highest BCUT2D eigenvalue weighted by molar-refractivity contribution is 5.87. The maximum atomic E-state index is 12.2. The predicted octanol–water partition coefficient (Wildman–Crippen LogP) is 3.38. The van der Waals surface area contributed by atoms with E-state index in [1.54, 1.807) is 0 Å². The molecule has 100 valence electrons. The van der Waals surface area contributed by atoms with Crippen LogP contribution in [0.25, 0.3) is 0 Å².